The third-order valence-corrected chi connectivity index (χ3v) is 4.01. The third kappa shape index (κ3) is 3.78. The molecule has 6 nitrogen and oxygen atoms in total. The number of aryl methyl sites for hydroxylation is 1. The van der Waals surface area contributed by atoms with E-state index in [0.717, 1.165) is 16.7 Å². The molecular weight excluding hydrogens is 328 g/mol. The van der Waals surface area contributed by atoms with Crippen molar-refractivity contribution in [3.63, 3.8) is 0 Å². The number of nitrogens with zero attached hydrogens (tertiary/aromatic N) is 4. The molecule has 1 aromatic heterocycles. The zero-order valence-corrected chi connectivity index (χ0v) is 14.6. The predicted molar refractivity (Wildman–Crippen MR) is 97.1 cm³/mol. The normalized spacial score (nSPS) is 10.3. The van der Waals surface area contributed by atoms with Gasteiger partial charge in [0.15, 0.2) is 0 Å². The van der Waals surface area contributed by atoms with Crippen LogP contribution >= 0.6 is 0 Å². The van der Waals surface area contributed by atoms with Crippen molar-refractivity contribution in [1.29, 1.82) is 5.26 Å². The van der Waals surface area contributed by atoms with Crippen LogP contribution in [0.2, 0.25) is 0 Å². The van der Waals surface area contributed by atoms with Crippen LogP contribution in [0.1, 0.15) is 22.3 Å². The van der Waals surface area contributed by atoms with Crippen molar-refractivity contribution in [3.05, 3.63) is 59.7 Å². The van der Waals surface area contributed by atoms with E-state index in [1.165, 1.54) is 4.90 Å². The van der Waals surface area contributed by atoms with Gasteiger partial charge in [-0.2, -0.15) is 5.26 Å². The SMILES string of the molecule is Cc1ccc(-c2nnc(-c3ccc(C(=O)N(C)CCC#N)cc3)o2)cc1. The highest BCUT2D eigenvalue weighted by Gasteiger charge is 2.14. The first-order chi connectivity index (χ1) is 12.6. The minimum Gasteiger partial charge on any atom is -0.416 e. The minimum atomic E-state index is -0.127. The van der Waals surface area contributed by atoms with Crippen LogP contribution in [-0.2, 0) is 0 Å². The van der Waals surface area contributed by atoms with Crippen LogP contribution in [0.25, 0.3) is 22.9 Å². The standard InChI is InChI=1S/C20H18N4O2/c1-14-4-6-15(7-5-14)18-22-23-19(26-18)16-8-10-17(11-9-16)20(25)24(2)13-3-12-21/h4-11H,3,13H2,1-2H3. The van der Waals surface area contributed by atoms with Crippen LogP contribution in [-0.4, -0.2) is 34.6 Å². The molecule has 3 aromatic rings. The fourth-order valence-electron chi connectivity index (χ4n) is 2.45. The number of hydrogen-bond acceptors (Lipinski definition) is 5. The van der Waals surface area contributed by atoms with Crippen molar-refractivity contribution in [2.75, 3.05) is 13.6 Å². The summed E-state index contributed by atoms with van der Waals surface area (Å²) in [7, 11) is 1.68. The summed E-state index contributed by atoms with van der Waals surface area (Å²) >= 11 is 0. The van der Waals surface area contributed by atoms with Crippen molar-refractivity contribution in [2.45, 2.75) is 13.3 Å². The molecule has 0 aliphatic heterocycles. The largest absolute Gasteiger partial charge is 0.416 e. The lowest BCUT2D eigenvalue weighted by atomic mass is 10.1. The molecule has 3 rings (SSSR count). The number of amides is 1. The maximum Gasteiger partial charge on any atom is 0.253 e. The van der Waals surface area contributed by atoms with E-state index in [4.69, 9.17) is 9.68 Å². The van der Waals surface area contributed by atoms with Crippen LogP contribution in [0.3, 0.4) is 0 Å². The van der Waals surface area contributed by atoms with Gasteiger partial charge in [0.2, 0.25) is 11.8 Å². The number of rotatable bonds is 5. The molecule has 0 bridgehead atoms. The number of carbonyl (C=O) groups excluding carboxylic acids is 1. The highest BCUT2D eigenvalue weighted by molar-refractivity contribution is 5.94. The smallest absolute Gasteiger partial charge is 0.253 e. The van der Waals surface area contributed by atoms with Gasteiger partial charge in [-0.3, -0.25) is 4.79 Å². The van der Waals surface area contributed by atoms with E-state index in [1.807, 2.05) is 37.3 Å². The molecule has 0 aliphatic carbocycles. The molecule has 1 heterocycles. The Hall–Kier alpha value is -3.46. The Bertz CT molecular complexity index is 937. The molecule has 0 saturated heterocycles. The average Bonchev–Trinajstić information content (AvgIpc) is 3.16. The van der Waals surface area contributed by atoms with Gasteiger partial charge in [0.25, 0.3) is 5.91 Å². The van der Waals surface area contributed by atoms with Crippen molar-refractivity contribution >= 4 is 5.91 Å². The van der Waals surface area contributed by atoms with Crippen molar-refractivity contribution in [1.82, 2.24) is 15.1 Å². The second-order valence-corrected chi connectivity index (χ2v) is 5.99. The van der Waals surface area contributed by atoms with Gasteiger partial charge in [-0.25, -0.2) is 0 Å². The molecular formula is C20H18N4O2. The molecule has 0 spiro atoms. The maximum absolute atomic E-state index is 12.3. The fourth-order valence-corrected chi connectivity index (χ4v) is 2.45. The summed E-state index contributed by atoms with van der Waals surface area (Å²) in [5.41, 5.74) is 3.31. The third-order valence-electron chi connectivity index (χ3n) is 4.01. The van der Waals surface area contributed by atoms with E-state index in [-0.39, 0.29) is 5.91 Å². The lowest BCUT2D eigenvalue weighted by Crippen LogP contribution is -2.27. The topological polar surface area (TPSA) is 83.0 Å². The second-order valence-electron chi connectivity index (χ2n) is 5.99. The van der Waals surface area contributed by atoms with Crippen LogP contribution in [0, 0.1) is 18.3 Å². The average molecular weight is 346 g/mol. The predicted octanol–water partition coefficient (Wildman–Crippen LogP) is 3.70. The zero-order valence-electron chi connectivity index (χ0n) is 14.6. The first-order valence-corrected chi connectivity index (χ1v) is 8.22. The van der Waals surface area contributed by atoms with Gasteiger partial charge >= 0.3 is 0 Å². The zero-order chi connectivity index (χ0) is 18.5. The minimum absolute atomic E-state index is 0.127. The molecule has 6 heteroatoms. The summed E-state index contributed by atoms with van der Waals surface area (Å²) in [6.07, 6.45) is 0.310. The lowest BCUT2D eigenvalue weighted by molar-refractivity contribution is 0.0798. The molecule has 0 saturated carbocycles. The van der Waals surface area contributed by atoms with Gasteiger partial charge in [-0.15, -0.1) is 10.2 Å². The maximum atomic E-state index is 12.3. The molecule has 0 atom stereocenters. The quantitative estimate of drug-likeness (QED) is 0.703. The van der Waals surface area contributed by atoms with E-state index < -0.39 is 0 Å². The Morgan fingerprint density at radius 2 is 1.58 bits per heavy atom. The van der Waals surface area contributed by atoms with Gasteiger partial charge in [0.1, 0.15) is 0 Å². The van der Waals surface area contributed by atoms with E-state index in [0.29, 0.717) is 30.3 Å². The Morgan fingerprint density at radius 3 is 2.12 bits per heavy atom. The van der Waals surface area contributed by atoms with Gasteiger partial charge in [0.05, 0.1) is 12.5 Å². The lowest BCUT2D eigenvalue weighted by Gasteiger charge is -2.15. The van der Waals surface area contributed by atoms with Crippen LogP contribution in [0.5, 0.6) is 0 Å². The van der Waals surface area contributed by atoms with Crippen molar-refractivity contribution < 1.29 is 9.21 Å². The van der Waals surface area contributed by atoms with Crippen LogP contribution in [0.15, 0.2) is 52.9 Å². The molecule has 26 heavy (non-hydrogen) atoms. The van der Waals surface area contributed by atoms with E-state index in [2.05, 4.69) is 10.2 Å². The van der Waals surface area contributed by atoms with Gasteiger partial charge in [-0.05, 0) is 43.3 Å². The van der Waals surface area contributed by atoms with Crippen molar-refractivity contribution in [2.24, 2.45) is 0 Å². The number of hydrogen-bond donors (Lipinski definition) is 0. The summed E-state index contributed by atoms with van der Waals surface area (Å²) in [5.74, 6) is 0.728. The molecule has 130 valence electrons. The van der Waals surface area contributed by atoms with Crippen LogP contribution < -0.4 is 0 Å². The summed E-state index contributed by atoms with van der Waals surface area (Å²) < 4.78 is 5.74. The first kappa shape index (κ1) is 17.4. The number of nitriles is 1. The molecule has 0 fully saturated rings. The molecule has 0 radical (unpaired) electrons. The fraction of sp³-hybridized carbons (Fsp3) is 0.200. The second kappa shape index (κ2) is 7.62. The summed E-state index contributed by atoms with van der Waals surface area (Å²) in [4.78, 5) is 13.8. The van der Waals surface area contributed by atoms with Crippen molar-refractivity contribution in [3.8, 4) is 29.0 Å². The summed E-state index contributed by atoms with van der Waals surface area (Å²) in [5, 5.41) is 16.8. The Morgan fingerprint density at radius 1 is 1.04 bits per heavy atom. The van der Waals surface area contributed by atoms with Crippen LogP contribution in [0.4, 0.5) is 0 Å². The number of aromatic nitrogens is 2. The summed E-state index contributed by atoms with van der Waals surface area (Å²) in [6.45, 7) is 2.42. The molecule has 2 aromatic carbocycles. The van der Waals surface area contributed by atoms with E-state index >= 15 is 0 Å². The first-order valence-electron chi connectivity index (χ1n) is 8.22. The van der Waals surface area contributed by atoms with E-state index in [1.54, 1.807) is 31.3 Å². The van der Waals surface area contributed by atoms with Gasteiger partial charge in [-0.1, -0.05) is 17.7 Å². The highest BCUT2D eigenvalue weighted by atomic mass is 16.4. The Labute approximate surface area is 151 Å². The summed E-state index contributed by atoms with van der Waals surface area (Å²) in [6, 6.07) is 16.9. The number of carbonyl (C=O) groups is 1. The van der Waals surface area contributed by atoms with E-state index in [9.17, 15) is 4.79 Å². The van der Waals surface area contributed by atoms with Gasteiger partial charge in [0, 0.05) is 30.3 Å². The molecule has 0 aliphatic rings. The Kier molecular flexibility index (Phi) is 5.09. The molecule has 0 unspecified atom stereocenters. The molecule has 1 amide bonds. The number of benzene rings is 2. The Balaban J connectivity index is 1.76. The molecule has 0 N–H and O–H groups in total. The monoisotopic (exact) mass is 346 g/mol. The highest BCUT2D eigenvalue weighted by Crippen LogP contribution is 2.24. The van der Waals surface area contributed by atoms with Gasteiger partial charge < -0.3 is 9.32 Å².